The third kappa shape index (κ3) is 9.92. The molecule has 3 N–H and O–H groups in total. The van der Waals surface area contributed by atoms with E-state index in [-0.39, 0.29) is 43.9 Å². The van der Waals surface area contributed by atoms with Crippen LogP contribution in [0.5, 0.6) is 0 Å². The maximum Gasteiger partial charge on any atom is 0.410 e. The highest BCUT2D eigenvalue weighted by atomic mass is 19.1. The number of likely N-dealkylation sites (tertiary alicyclic amines) is 1. The standard InChI is InChI=1S/C34H47FN4O8/c1-5-45-31(42)24-16-21(24)12-9-7-6-8-10-15-27(37-32(43)47-34(2,3)4)30(41)39-19-23(17-28(39)29(36)40)46-33(44)38-18-22-13-11-14-26(35)25(22)20-38/h9,11-14,21,23-24,27-28H,5-8,10,15-20H2,1-4H3,(H2,36,40)(H,37,43)/b12-9-/t21-,23-,24+,27+,28+/m1/s1. The topological polar surface area (TPSA) is 158 Å². The van der Waals surface area contributed by atoms with Gasteiger partial charge in [0.15, 0.2) is 0 Å². The van der Waals surface area contributed by atoms with Crippen molar-refractivity contribution in [3.05, 3.63) is 47.3 Å². The molecule has 13 heteroatoms. The molecule has 2 fully saturated rings. The Bertz CT molecular complexity index is 1360. The van der Waals surface area contributed by atoms with Crippen LogP contribution in [0.25, 0.3) is 0 Å². The summed E-state index contributed by atoms with van der Waals surface area (Å²) in [6.45, 7) is 7.47. The highest BCUT2D eigenvalue weighted by Crippen LogP contribution is 2.40. The molecule has 4 rings (SSSR count). The molecule has 0 spiro atoms. The number of hydrogen-bond donors (Lipinski definition) is 2. The van der Waals surface area contributed by atoms with E-state index in [4.69, 9.17) is 19.9 Å². The monoisotopic (exact) mass is 658 g/mol. The molecule has 0 aromatic heterocycles. The predicted molar refractivity (Wildman–Crippen MR) is 169 cm³/mol. The maximum atomic E-state index is 14.2. The number of rotatable bonds is 13. The molecule has 4 amide bonds. The van der Waals surface area contributed by atoms with Gasteiger partial charge in [-0.3, -0.25) is 19.3 Å². The number of benzene rings is 1. The zero-order valence-electron chi connectivity index (χ0n) is 27.7. The van der Waals surface area contributed by atoms with Crippen molar-refractivity contribution in [2.75, 3.05) is 13.2 Å². The Hall–Kier alpha value is -4.16. The van der Waals surface area contributed by atoms with Gasteiger partial charge in [-0.15, -0.1) is 0 Å². The van der Waals surface area contributed by atoms with Gasteiger partial charge in [0.2, 0.25) is 11.8 Å². The minimum atomic E-state index is -1.04. The summed E-state index contributed by atoms with van der Waals surface area (Å²) in [5.41, 5.74) is 5.99. The van der Waals surface area contributed by atoms with E-state index < -0.39 is 53.6 Å². The van der Waals surface area contributed by atoms with Crippen LogP contribution in [0.4, 0.5) is 14.0 Å². The lowest BCUT2D eigenvalue weighted by Gasteiger charge is -2.28. The first kappa shape index (κ1) is 35.7. The number of alkyl carbamates (subject to hydrolysis) is 1. The van der Waals surface area contributed by atoms with Gasteiger partial charge < -0.3 is 30.2 Å². The summed E-state index contributed by atoms with van der Waals surface area (Å²) in [6, 6.07) is 2.63. The fraction of sp³-hybridized carbons (Fsp3) is 0.618. The fourth-order valence-corrected chi connectivity index (χ4v) is 6.04. The van der Waals surface area contributed by atoms with Gasteiger partial charge in [-0.2, -0.15) is 0 Å². The first-order chi connectivity index (χ1) is 22.3. The van der Waals surface area contributed by atoms with Crippen molar-refractivity contribution in [3.63, 3.8) is 0 Å². The highest BCUT2D eigenvalue weighted by molar-refractivity contribution is 5.91. The fourth-order valence-electron chi connectivity index (χ4n) is 6.04. The van der Waals surface area contributed by atoms with Gasteiger partial charge in [0.05, 0.1) is 25.6 Å². The highest BCUT2D eigenvalue weighted by Gasteiger charge is 2.44. The van der Waals surface area contributed by atoms with Crippen LogP contribution >= 0.6 is 0 Å². The number of esters is 1. The number of nitrogens with two attached hydrogens (primary N) is 1. The molecule has 258 valence electrons. The summed E-state index contributed by atoms with van der Waals surface area (Å²) in [7, 11) is 0. The minimum Gasteiger partial charge on any atom is -0.466 e. The van der Waals surface area contributed by atoms with Crippen molar-refractivity contribution in [1.29, 1.82) is 0 Å². The molecule has 1 aromatic rings. The first-order valence-electron chi connectivity index (χ1n) is 16.4. The Morgan fingerprint density at radius 2 is 1.87 bits per heavy atom. The second-order valence-electron chi connectivity index (χ2n) is 13.4. The minimum absolute atomic E-state index is 0.00543. The van der Waals surface area contributed by atoms with Crippen molar-refractivity contribution < 1.29 is 42.6 Å². The number of nitrogens with zero attached hydrogens (tertiary/aromatic N) is 2. The normalized spacial score (nSPS) is 22.5. The molecule has 0 radical (unpaired) electrons. The van der Waals surface area contributed by atoms with Crippen molar-refractivity contribution >= 4 is 30.0 Å². The smallest absolute Gasteiger partial charge is 0.410 e. The van der Waals surface area contributed by atoms with Crippen LogP contribution in [-0.4, -0.2) is 76.7 Å². The SMILES string of the molecule is CCOC(=O)[C@H]1C[C@H]1/C=C\CCCCC[C@H](NC(=O)OC(C)(C)C)C(=O)N1C[C@H](OC(=O)N2Cc3cccc(F)c3C2)C[C@H]1C(N)=O. The van der Waals surface area contributed by atoms with Crippen LogP contribution in [0.2, 0.25) is 0 Å². The molecule has 0 unspecified atom stereocenters. The van der Waals surface area contributed by atoms with Gasteiger partial charge >= 0.3 is 18.2 Å². The molecule has 1 saturated heterocycles. The number of fused-ring (bicyclic) bond motifs is 1. The molecule has 5 atom stereocenters. The zero-order chi connectivity index (χ0) is 34.3. The van der Waals surface area contributed by atoms with E-state index >= 15 is 0 Å². The molecular formula is C34H47FN4O8. The predicted octanol–water partition coefficient (Wildman–Crippen LogP) is 4.33. The number of halogens is 1. The number of ether oxygens (including phenoxy) is 3. The van der Waals surface area contributed by atoms with Gasteiger partial charge in [-0.1, -0.05) is 37.1 Å². The molecular weight excluding hydrogens is 611 g/mol. The van der Waals surface area contributed by atoms with E-state index in [0.29, 0.717) is 30.6 Å². The third-order valence-electron chi connectivity index (χ3n) is 8.49. The van der Waals surface area contributed by atoms with Crippen LogP contribution in [0.1, 0.15) is 83.8 Å². The lowest BCUT2D eigenvalue weighted by Crippen LogP contribution is -2.53. The summed E-state index contributed by atoms with van der Waals surface area (Å²) >= 11 is 0. The number of nitrogens with one attached hydrogen (secondary N) is 1. The van der Waals surface area contributed by atoms with Crippen molar-refractivity contribution in [3.8, 4) is 0 Å². The Balaban J connectivity index is 1.32. The average Bonchev–Trinajstić information content (AvgIpc) is 3.41. The second kappa shape index (κ2) is 15.6. The van der Waals surface area contributed by atoms with Gasteiger partial charge in [-0.05, 0) is 70.9 Å². The number of allylic oxidation sites excluding steroid dienone is 2. The van der Waals surface area contributed by atoms with E-state index in [1.807, 2.05) is 0 Å². The van der Waals surface area contributed by atoms with Gasteiger partial charge in [-0.25, -0.2) is 14.0 Å². The van der Waals surface area contributed by atoms with Crippen LogP contribution in [0, 0.1) is 17.7 Å². The molecule has 1 saturated carbocycles. The van der Waals surface area contributed by atoms with E-state index in [1.54, 1.807) is 39.8 Å². The van der Waals surface area contributed by atoms with E-state index in [2.05, 4.69) is 17.5 Å². The first-order valence-corrected chi connectivity index (χ1v) is 16.4. The molecule has 12 nitrogen and oxygen atoms in total. The summed E-state index contributed by atoms with van der Waals surface area (Å²) in [6.07, 6.45) is 5.99. The number of hydrogen-bond acceptors (Lipinski definition) is 8. The van der Waals surface area contributed by atoms with Crippen molar-refractivity contribution in [2.45, 2.75) is 110 Å². The molecule has 47 heavy (non-hydrogen) atoms. The van der Waals surface area contributed by atoms with Crippen LogP contribution < -0.4 is 11.1 Å². The molecule has 3 aliphatic rings. The number of carbonyl (C=O) groups excluding carboxylic acids is 5. The Morgan fingerprint density at radius 1 is 1.11 bits per heavy atom. The zero-order valence-corrected chi connectivity index (χ0v) is 27.7. The summed E-state index contributed by atoms with van der Waals surface area (Å²) in [5.74, 6) is -1.64. The van der Waals surface area contributed by atoms with Gasteiger partial charge in [0, 0.05) is 18.5 Å². The maximum absolute atomic E-state index is 14.2. The summed E-state index contributed by atoms with van der Waals surface area (Å²) in [5, 5.41) is 2.66. The van der Waals surface area contributed by atoms with Crippen molar-refractivity contribution in [2.24, 2.45) is 17.6 Å². The lowest BCUT2D eigenvalue weighted by atomic mass is 10.0. The number of primary amides is 1. The summed E-state index contributed by atoms with van der Waals surface area (Å²) < 4.78 is 30.3. The van der Waals surface area contributed by atoms with Crippen molar-refractivity contribution in [1.82, 2.24) is 15.1 Å². The van der Waals surface area contributed by atoms with E-state index in [9.17, 15) is 28.4 Å². The molecule has 2 heterocycles. The third-order valence-corrected chi connectivity index (χ3v) is 8.49. The Morgan fingerprint density at radius 3 is 2.55 bits per heavy atom. The molecule has 0 bridgehead atoms. The molecule has 1 aliphatic carbocycles. The number of amides is 4. The lowest BCUT2D eigenvalue weighted by molar-refractivity contribution is -0.144. The Kier molecular flexibility index (Phi) is 11.9. The molecule has 2 aliphatic heterocycles. The van der Waals surface area contributed by atoms with E-state index in [1.165, 1.54) is 15.9 Å². The quantitative estimate of drug-likeness (QED) is 0.137. The van der Waals surface area contributed by atoms with Gasteiger partial charge in [0.25, 0.3) is 0 Å². The van der Waals surface area contributed by atoms with Gasteiger partial charge in [0.1, 0.15) is 29.6 Å². The Labute approximate surface area is 275 Å². The number of carbonyl (C=O) groups is 5. The van der Waals surface area contributed by atoms with E-state index in [0.717, 1.165) is 25.7 Å². The van der Waals surface area contributed by atoms with Crippen LogP contribution in [0.15, 0.2) is 30.4 Å². The largest absolute Gasteiger partial charge is 0.466 e. The van der Waals surface area contributed by atoms with Crippen LogP contribution in [-0.2, 0) is 41.7 Å². The van der Waals surface area contributed by atoms with Crippen LogP contribution in [0.3, 0.4) is 0 Å². The summed E-state index contributed by atoms with van der Waals surface area (Å²) in [4.78, 5) is 66.3. The number of unbranched alkanes of at least 4 members (excludes halogenated alkanes) is 3. The molecule has 1 aromatic carbocycles. The average molecular weight is 659 g/mol. The second-order valence-corrected chi connectivity index (χ2v) is 13.4.